The Morgan fingerprint density at radius 1 is 1.31 bits per heavy atom. The predicted molar refractivity (Wildman–Crippen MR) is 71.6 cm³/mol. The first kappa shape index (κ1) is 13.5. The van der Waals surface area contributed by atoms with Crippen LogP contribution in [0.1, 0.15) is 32.3 Å². The third-order valence-corrected chi connectivity index (χ3v) is 3.48. The number of nitrogens with two attached hydrogens (primary N) is 1. The summed E-state index contributed by atoms with van der Waals surface area (Å²) in [4.78, 5) is 0. The second-order valence-corrected chi connectivity index (χ2v) is 4.82. The molecule has 0 amide bonds. The normalized spacial score (nSPS) is 10.8. The molecule has 0 aromatic heterocycles. The van der Waals surface area contributed by atoms with Crippen molar-refractivity contribution in [1.82, 2.24) is 0 Å². The number of ether oxygens (including phenoxy) is 1. The van der Waals surface area contributed by atoms with Crippen molar-refractivity contribution in [1.29, 1.82) is 0 Å². The molecule has 1 aromatic rings. The molecule has 0 aliphatic carbocycles. The highest BCUT2D eigenvalue weighted by atomic mass is 79.9. The minimum absolute atomic E-state index is 0.561. The summed E-state index contributed by atoms with van der Waals surface area (Å²) >= 11 is 3.50. The molecule has 0 heterocycles. The lowest BCUT2D eigenvalue weighted by Crippen LogP contribution is -2.10. The Balaban J connectivity index is 2.60. The van der Waals surface area contributed by atoms with Gasteiger partial charge in [0.1, 0.15) is 5.75 Å². The molecule has 0 saturated carbocycles. The van der Waals surface area contributed by atoms with Gasteiger partial charge in [-0.2, -0.15) is 0 Å². The molecule has 3 heteroatoms. The van der Waals surface area contributed by atoms with Crippen molar-refractivity contribution in [3.05, 3.63) is 28.2 Å². The van der Waals surface area contributed by atoms with Gasteiger partial charge in [0.25, 0.3) is 0 Å². The van der Waals surface area contributed by atoms with Crippen LogP contribution in [-0.4, -0.2) is 6.61 Å². The molecule has 0 aliphatic heterocycles. The first-order valence-electron chi connectivity index (χ1n) is 5.82. The average molecular weight is 286 g/mol. The minimum atomic E-state index is 0.561. The fraction of sp³-hybridized carbons (Fsp3) is 0.538. The fourth-order valence-corrected chi connectivity index (χ4v) is 2.06. The monoisotopic (exact) mass is 285 g/mol. The summed E-state index contributed by atoms with van der Waals surface area (Å²) in [5.74, 6) is 1.55. The van der Waals surface area contributed by atoms with E-state index in [4.69, 9.17) is 10.5 Å². The SMILES string of the molecule is CCC(CC)COc1ccc(CN)cc1Br. The van der Waals surface area contributed by atoms with Crippen LogP contribution in [0.4, 0.5) is 0 Å². The number of halogens is 1. The lowest BCUT2D eigenvalue weighted by atomic mass is 10.1. The van der Waals surface area contributed by atoms with E-state index in [0.29, 0.717) is 12.5 Å². The van der Waals surface area contributed by atoms with Crippen LogP contribution in [-0.2, 0) is 6.54 Å². The van der Waals surface area contributed by atoms with Crippen molar-refractivity contribution in [2.45, 2.75) is 33.2 Å². The molecular weight excluding hydrogens is 266 g/mol. The number of benzene rings is 1. The number of hydrogen-bond donors (Lipinski definition) is 1. The van der Waals surface area contributed by atoms with Crippen molar-refractivity contribution in [3.8, 4) is 5.75 Å². The summed E-state index contributed by atoms with van der Waals surface area (Å²) in [6, 6.07) is 6.00. The Bertz CT molecular complexity index is 324. The summed E-state index contributed by atoms with van der Waals surface area (Å²) in [5, 5.41) is 0. The largest absolute Gasteiger partial charge is 0.492 e. The van der Waals surface area contributed by atoms with E-state index in [0.717, 1.165) is 35.2 Å². The molecule has 0 radical (unpaired) electrons. The molecule has 0 saturated heterocycles. The second-order valence-electron chi connectivity index (χ2n) is 3.96. The van der Waals surface area contributed by atoms with E-state index < -0.39 is 0 Å². The molecule has 0 fully saturated rings. The second kappa shape index (κ2) is 6.92. The van der Waals surface area contributed by atoms with Crippen LogP contribution in [0.3, 0.4) is 0 Å². The Hall–Kier alpha value is -0.540. The zero-order valence-corrected chi connectivity index (χ0v) is 11.6. The first-order valence-corrected chi connectivity index (χ1v) is 6.61. The van der Waals surface area contributed by atoms with Crippen LogP contribution in [0.2, 0.25) is 0 Å². The standard InChI is InChI=1S/C13H20BrNO/c1-3-10(4-2)9-16-13-6-5-11(8-15)7-12(13)14/h5-7,10H,3-4,8-9,15H2,1-2H3. The summed E-state index contributed by atoms with van der Waals surface area (Å²) in [6.07, 6.45) is 2.32. The molecule has 90 valence electrons. The highest BCUT2D eigenvalue weighted by Gasteiger charge is 2.07. The smallest absolute Gasteiger partial charge is 0.133 e. The van der Waals surface area contributed by atoms with Crippen molar-refractivity contribution >= 4 is 15.9 Å². The Labute approximate surface area is 106 Å². The minimum Gasteiger partial charge on any atom is -0.492 e. The van der Waals surface area contributed by atoms with Crippen LogP contribution in [0, 0.1) is 5.92 Å². The molecular formula is C13H20BrNO. The van der Waals surface area contributed by atoms with E-state index in [2.05, 4.69) is 29.8 Å². The van der Waals surface area contributed by atoms with E-state index in [9.17, 15) is 0 Å². The van der Waals surface area contributed by atoms with Gasteiger partial charge in [-0.25, -0.2) is 0 Å². The van der Waals surface area contributed by atoms with Crippen molar-refractivity contribution in [2.75, 3.05) is 6.61 Å². The summed E-state index contributed by atoms with van der Waals surface area (Å²) in [5.41, 5.74) is 6.69. The zero-order chi connectivity index (χ0) is 12.0. The third kappa shape index (κ3) is 3.80. The maximum Gasteiger partial charge on any atom is 0.133 e. The summed E-state index contributed by atoms with van der Waals surface area (Å²) in [7, 11) is 0. The van der Waals surface area contributed by atoms with Crippen LogP contribution >= 0.6 is 15.9 Å². The first-order chi connectivity index (χ1) is 7.71. The third-order valence-electron chi connectivity index (χ3n) is 2.86. The average Bonchev–Trinajstić information content (AvgIpc) is 2.32. The van der Waals surface area contributed by atoms with Crippen LogP contribution in [0.15, 0.2) is 22.7 Å². The van der Waals surface area contributed by atoms with E-state index in [1.54, 1.807) is 0 Å². The number of rotatable bonds is 6. The maximum absolute atomic E-state index is 5.79. The molecule has 1 aromatic carbocycles. The fourth-order valence-electron chi connectivity index (χ4n) is 1.52. The lowest BCUT2D eigenvalue weighted by Gasteiger charge is -2.15. The molecule has 0 bridgehead atoms. The summed E-state index contributed by atoms with van der Waals surface area (Å²) in [6.45, 7) is 5.74. The van der Waals surface area contributed by atoms with Crippen molar-refractivity contribution < 1.29 is 4.74 Å². The molecule has 0 unspecified atom stereocenters. The molecule has 2 nitrogen and oxygen atoms in total. The van der Waals surface area contributed by atoms with Crippen LogP contribution < -0.4 is 10.5 Å². The molecule has 16 heavy (non-hydrogen) atoms. The van der Waals surface area contributed by atoms with Gasteiger partial charge < -0.3 is 10.5 Å². The summed E-state index contributed by atoms with van der Waals surface area (Å²) < 4.78 is 6.78. The zero-order valence-electron chi connectivity index (χ0n) is 10.0. The van der Waals surface area contributed by atoms with Gasteiger partial charge in [0.15, 0.2) is 0 Å². The van der Waals surface area contributed by atoms with E-state index in [1.807, 2.05) is 18.2 Å². The Kier molecular flexibility index (Phi) is 5.85. The molecule has 0 spiro atoms. The number of hydrogen-bond acceptors (Lipinski definition) is 2. The highest BCUT2D eigenvalue weighted by molar-refractivity contribution is 9.10. The van der Waals surface area contributed by atoms with Gasteiger partial charge in [0.05, 0.1) is 11.1 Å². The van der Waals surface area contributed by atoms with Crippen molar-refractivity contribution in [3.63, 3.8) is 0 Å². The molecule has 1 rings (SSSR count). The maximum atomic E-state index is 5.79. The Morgan fingerprint density at radius 3 is 2.50 bits per heavy atom. The van der Waals surface area contributed by atoms with E-state index in [-0.39, 0.29) is 0 Å². The molecule has 0 aliphatic rings. The van der Waals surface area contributed by atoms with Gasteiger partial charge in [-0.1, -0.05) is 32.8 Å². The molecule has 2 N–H and O–H groups in total. The van der Waals surface area contributed by atoms with Gasteiger partial charge in [0.2, 0.25) is 0 Å². The quantitative estimate of drug-likeness (QED) is 0.865. The highest BCUT2D eigenvalue weighted by Crippen LogP contribution is 2.26. The van der Waals surface area contributed by atoms with Gasteiger partial charge in [0, 0.05) is 6.54 Å². The van der Waals surface area contributed by atoms with Crippen LogP contribution in [0.25, 0.3) is 0 Å². The van der Waals surface area contributed by atoms with E-state index >= 15 is 0 Å². The van der Waals surface area contributed by atoms with Gasteiger partial charge in [-0.3, -0.25) is 0 Å². The van der Waals surface area contributed by atoms with E-state index in [1.165, 1.54) is 0 Å². The lowest BCUT2D eigenvalue weighted by molar-refractivity contribution is 0.239. The van der Waals surface area contributed by atoms with Crippen molar-refractivity contribution in [2.24, 2.45) is 11.7 Å². The van der Waals surface area contributed by atoms with Gasteiger partial charge in [-0.05, 0) is 39.5 Å². The topological polar surface area (TPSA) is 35.2 Å². The van der Waals surface area contributed by atoms with Gasteiger partial charge in [-0.15, -0.1) is 0 Å². The predicted octanol–water partition coefficient (Wildman–Crippen LogP) is 3.72. The molecule has 0 atom stereocenters. The van der Waals surface area contributed by atoms with Gasteiger partial charge >= 0.3 is 0 Å². The van der Waals surface area contributed by atoms with Crippen LogP contribution in [0.5, 0.6) is 5.75 Å². The Morgan fingerprint density at radius 2 is 2.00 bits per heavy atom.